The molecule has 0 spiro atoms. The third-order valence-electron chi connectivity index (χ3n) is 3.33. The highest BCUT2D eigenvalue weighted by Gasteiger charge is 2.33. The number of carbonyl (C=O) groups is 2. The second kappa shape index (κ2) is 6.09. The molecule has 1 aliphatic heterocycles. The summed E-state index contributed by atoms with van der Waals surface area (Å²) >= 11 is 0. The van der Waals surface area contributed by atoms with Gasteiger partial charge in [-0.25, -0.2) is 13.1 Å². The van der Waals surface area contributed by atoms with Crippen LogP contribution in [0.25, 0.3) is 0 Å². The third-order valence-corrected chi connectivity index (χ3v) is 4.09. The Kier molecular flexibility index (Phi) is 5.15. The molecule has 116 valence electrons. The molecule has 1 atom stereocenters. The van der Waals surface area contributed by atoms with Crippen LogP contribution in [0.1, 0.15) is 33.1 Å². The van der Waals surface area contributed by atoms with Crippen LogP contribution < -0.4 is 4.72 Å². The number of aliphatic carboxylic acids is 1. The number of likely N-dealkylation sites (tertiary alicyclic amines) is 1. The zero-order chi connectivity index (χ0) is 15.6. The molecule has 1 amide bonds. The fourth-order valence-electron chi connectivity index (χ4n) is 2.17. The first-order chi connectivity index (χ1) is 9.01. The number of hydrogen-bond acceptors (Lipinski definition) is 4. The van der Waals surface area contributed by atoms with Gasteiger partial charge in [0.25, 0.3) is 0 Å². The molecule has 0 aromatic heterocycles. The fraction of sp³-hybridized carbons (Fsp3) is 0.833. The van der Waals surface area contributed by atoms with E-state index in [1.54, 1.807) is 0 Å². The normalized spacial score (nSPS) is 20.8. The van der Waals surface area contributed by atoms with Gasteiger partial charge in [-0.05, 0) is 26.7 Å². The maximum absolute atomic E-state index is 12.1. The Labute approximate surface area is 119 Å². The van der Waals surface area contributed by atoms with Gasteiger partial charge in [-0.15, -0.1) is 0 Å². The van der Waals surface area contributed by atoms with E-state index in [1.165, 1.54) is 18.7 Å². The van der Waals surface area contributed by atoms with E-state index in [0.717, 1.165) is 6.26 Å². The lowest BCUT2D eigenvalue weighted by molar-refractivity contribution is -0.151. The molecule has 0 bridgehead atoms. The quantitative estimate of drug-likeness (QED) is 0.745. The number of rotatable bonds is 5. The molecule has 1 fully saturated rings. The fourth-order valence-corrected chi connectivity index (χ4v) is 2.97. The van der Waals surface area contributed by atoms with E-state index in [4.69, 9.17) is 5.11 Å². The lowest BCUT2D eigenvalue weighted by Gasteiger charge is -2.34. The number of amides is 1. The summed E-state index contributed by atoms with van der Waals surface area (Å²) in [7, 11) is -3.30. The van der Waals surface area contributed by atoms with E-state index in [1.807, 2.05) is 0 Å². The van der Waals surface area contributed by atoms with E-state index < -0.39 is 21.4 Å². The summed E-state index contributed by atoms with van der Waals surface area (Å²) in [6, 6.07) is -0.296. The molecule has 1 aliphatic rings. The third kappa shape index (κ3) is 5.09. The van der Waals surface area contributed by atoms with Crippen molar-refractivity contribution in [3.63, 3.8) is 0 Å². The van der Waals surface area contributed by atoms with Crippen molar-refractivity contribution in [2.45, 2.75) is 39.2 Å². The first-order valence-corrected chi connectivity index (χ1v) is 8.39. The summed E-state index contributed by atoms with van der Waals surface area (Å²) in [6.45, 7) is 3.84. The molecule has 1 unspecified atom stereocenters. The summed E-state index contributed by atoms with van der Waals surface area (Å²) in [5.74, 6) is -1.27. The Balaban J connectivity index is 2.63. The second-order valence-electron chi connectivity index (χ2n) is 5.93. The largest absolute Gasteiger partial charge is 0.481 e. The van der Waals surface area contributed by atoms with E-state index in [9.17, 15) is 18.0 Å². The first-order valence-electron chi connectivity index (χ1n) is 6.50. The number of sulfonamides is 1. The molecule has 8 heteroatoms. The van der Waals surface area contributed by atoms with Crippen LogP contribution in [0.3, 0.4) is 0 Å². The average molecular weight is 306 g/mol. The van der Waals surface area contributed by atoms with Crippen molar-refractivity contribution in [2.75, 3.05) is 19.3 Å². The number of carbonyl (C=O) groups excluding carboxylic acids is 1. The van der Waals surface area contributed by atoms with Crippen LogP contribution in [-0.4, -0.2) is 55.7 Å². The van der Waals surface area contributed by atoms with Crippen molar-refractivity contribution in [1.82, 2.24) is 9.62 Å². The number of hydrogen-bond donors (Lipinski definition) is 2. The molecular weight excluding hydrogens is 284 g/mol. The van der Waals surface area contributed by atoms with Crippen molar-refractivity contribution >= 4 is 21.9 Å². The zero-order valence-corrected chi connectivity index (χ0v) is 12.9. The number of carboxylic acid groups (broad SMARTS) is 1. The van der Waals surface area contributed by atoms with E-state index in [0.29, 0.717) is 25.9 Å². The molecule has 0 radical (unpaired) electrons. The maximum Gasteiger partial charge on any atom is 0.309 e. The lowest BCUT2D eigenvalue weighted by Crippen LogP contribution is -2.50. The highest BCUT2D eigenvalue weighted by molar-refractivity contribution is 7.88. The highest BCUT2D eigenvalue weighted by Crippen LogP contribution is 2.23. The maximum atomic E-state index is 12.1. The van der Waals surface area contributed by atoms with E-state index in [2.05, 4.69) is 4.72 Å². The summed E-state index contributed by atoms with van der Waals surface area (Å²) in [5.41, 5.74) is -1.12. The van der Waals surface area contributed by atoms with Gasteiger partial charge in [0.15, 0.2) is 0 Å². The Morgan fingerprint density at radius 2 is 2.00 bits per heavy atom. The zero-order valence-electron chi connectivity index (χ0n) is 12.0. The molecule has 1 rings (SSSR count). The average Bonchev–Trinajstić information content (AvgIpc) is 2.26. The van der Waals surface area contributed by atoms with Gasteiger partial charge in [0.05, 0.1) is 11.7 Å². The van der Waals surface area contributed by atoms with Crippen molar-refractivity contribution in [2.24, 2.45) is 5.41 Å². The summed E-state index contributed by atoms with van der Waals surface area (Å²) in [5, 5.41) is 9.03. The smallest absolute Gasteiger partial charge is 0.309 e. The van der Waals surface area contributed by atoms with Crippen molar-refractivity contribution < 1.29 is 23.1 Å². The van der Waals surface area contributed by atoms with Crippen molar-refractivity contribution in [3.05, 3.63) is 0 Å². The van der Waals surface area contributed by atoms with Gasteiger partial charge in [-0.2, -0.15) is 0 Å². The minimum atomic E-state index is -3.30. The van der Waals surface area contributed by atoms with Gasteiger partial charge in [0.1, 0.15) is 0 Å². The molecule has 2 N–H and O–H groups in total. The standard InChI is InChI=1S/C12H22N2O5S/c1-12(2,11(16)17)7-10(15)14-6-4-5-9(8-14)13-20(3,18)19/h9,13H,4-8H2,1-3H3,(H,16,17). The highest BCUT2D eigenvalue weighted by atomic mass is 32.2. The van der Waals surface area contributed by atoms with Crippen molar-refractivity contribution in [3.8, 4) is 0 Å². The molecule has 0 aromatic rings. The topological polar surface area (TPSA) is 104 Å². The van der Waals surface area contributed by atoms with Crippen LogP contribution in [0, 0.1) is 5.41 Å². The minimum absolute atomic E-state index is 0.0894. The van der Waals surface area contributed by atoms with E-state index >= 15 is 0 Å². The van der Waals surface area contributed by atoms with Crippen molar-refractivity contribution in [1.29, 1.82) is 0 Å². The summed E-state index contributed by atoms with van der Waals surface area (Å²) < 4.78 is 24.9. The SMILES string of the molecule is CC(C)(CC(=O)N1CCCC(NS(C)(=O)=O)C1)C(=O)O. The van der Waals surface area contributed by atoms with Crippen LogP contribution in [-0.2, 0) is 19.6 Å². The number of nitrogens with one attached hydrogen (secondary N) is 1. The minimum Gasteiger partial charge on any atom is -0.481 e. The van der Waals surface area contributed by atoms with Gasteiger partial charge in [0, 0.05) is 25.6 Å². The van der Waals surface area contributed by atoms with Gasteiger partial charge >= 0.3 is 5.97 Å². The first kappa shape index (κ1) is 16.9. The molecule has 0 aliphatic carbocycles. The summed E-state index contributed by atoms with van der Waals surface area (Å²) in [6.07, 6.45) is 2.38. The molecule has 0 saturated carbocycles. The van der Waals surface area contributed by atoms with Crippen LogP contribution in [0.5, 0.6) is 0 Å². The predicted molar refractivity (Wildman–Crippen MR) is 73.6 cm³/mol. The van der Waals surface area contributed by atoms with Gasteiger partial charge in [0.2, 0.25) is 15.9 Å². The number of carboxylic acids is 1. The Morgan fingerprint density at radius 1 is 1.40 bits per heavy atom. The molecule has 7 nitrogen and oxygen atoms in total. The van der Waals surface area contributed by atoms with E-state index in [-0.39, 0.29) is 18.4 Å². The Bertz CT molecular complexity index is 486. The lowest BCUT2D eigenvalue weighted by atomic mass is 9.88. The Morgan fingerprint density at radius 3 is 2.50 bits per heavy atom. The van der Waals surface area contributed by atoms with Gasteiger partial charge < -0.3 is 10.0 Å². The number of nitrogens with zero attached hydrogens (tertiary/aromatic N) is 1. The molecular formula is C12H22N2O5S. The van der Waals surface area contributed by atoms with Crippen LogP contribution >= 0.6 is 0 Å². The van der Waals surface area contributed by atoms with Gasteiger partial charge in [-0.1, -0.05) is 0 Å². The molecule has 1 heterocycles. The van der Waals surface area contributed by atoms with Crippen LogP contribution in [0.2, 0.25) is 0 Å². The number of piperidine rings is 1. The molecule has 0 aromatic carbocycles. The van der Waals surface area contributed by atoms with Crippen LogP contribution in [0.4, 0.5) is 0 Å². The second-order valence-corrected chi connectivity index (χ2v) is 7.71. The van der Waals surface area contributed by atoms with Gasteiger partial charge in [-0.3, -0.25) is 9.59 Å². The predicted octanol–water partition coefficient (Wildman–Crippen LogP) is 0.0275. The monoisotopic (exact) mass is 306 g/mol. The molecule has 1 saturated heterocycles. The molecule has 20 heavy (non-hydrogen) atoms. The van der Waals surface area contributed by atoms with Crippen LogP contribution in [0.15, 0.2) is 0 Å². The Hall–Kier alpha value is -1.15. The summed E-state index contributed by atoms with van der Waals surface area (Å²) in [4.78, 5) is 24.7.